The van der Waals surface area contributed by atoms with Gasteiger partial charge >= 0.3 is 5.97 Å². The minimum absolute atomic E-state index is 0.0544. The second kappa shape index (κ2) is 6.75. The number of nitrogens with zero attached hydrogens (tertiary/aromatic N) is 2. The summed E-state index contributed by atoms with van der Waals surface area (Å²) in [7, 11) is 0. The minimum Gasteiger partial charge on any atom is -0.481 e. The van der Waals surface area contributed by atoms with E-state index in [1.165, 1.54) is 0 Å². The number of benzene rings is 1. The van der Waals surface area contributed by atoms with Crippen molar-refractivity contribution in [3.63, 3.8) is 0 Å². The molecule has 1 aliphatic rings. The maximum absolute atomic E-state index is 12.1. The smallest absolute Gasteiger partial charge is 0.306 e. The number of anilines is 1. The molecule has 1 saturated heterocycles. The van der Waals surface area contributed by atoms with E-state index in [0.29, 0.717) is 31.5 Å². The Morgan fingerprint density at radius 1 is 1.38 bits per heavy atom. The lowest BCUT2D eigenvalue weighted by atomic mass is 9.97. The number of hydrogen-bond acceptors (Lipinski definition) is 4. The van der Waals surface area contributed by atoms with Crippen LogP contribution in [0.25, 0.3) is 0 Å². The van der Waals surface area contributed by atoms with Crippen molar-refractivity contribution in [1.29, 1.82) is 5.26 Å². The number of carbonyl (C=O) groups excluding carboxylic acids is 1. The van der Waals surface area contributed by atoms with Crippen LogP contribution >= 0.6 is 0 Å². The van der Waals surface area contributed by atoms with Crippen LogP contribution in [0.3, 0.4) is 0 Å². The summed E-state index contributed by atoms with van der Waals surface area (Å²) in [5.74, 6) is -1.18. The van der Waals surface area contributed by atoms with Gasteiger partial charge in [0.2, 0.25) is 5.91 Å². The second-order valence-electron chi connectivity index (χ2n) is 5.04. The molecule has 2 N–H and O–H groups in total. The van der Waals surface area contributed by atoms with E-state index < -0.39 is 5.97 Å². The predicted octanol–water partition coefficient (Wildman–Crippen LogP) is 1.29. The van der Waals surface area contributed by atoms with Crippen LogP contribution in [0.15, 0.2) is 24.3 Å². The van der Waals surface area contributed by atoms with Crippen LogP contribution in [0.4, 0.5) is 5.69 Å². The highest BCUT2D eigenvalue weighted by Crippen LogP contribution is 2.17. The summed E-state index contributed by atoms with van der Waals surface area (Å²) in [6.07, 6.45) is 1.01. The molecule has 0 atom stereocenters. The van der Waals surface area contributed by atoms with Gasteiger partial charge in [-0.15, -0.1) is 0 Å². The van der Waals surface area contributed by atoms with Crippen molar-refractivity contribution < 1.29 is 14.7 Å². The molecule has 0 aromatic heterocycles. The zero-order valence-electron chi connectivity index (χ0n) is 11.6. The number of nitriles is 1. The van der Waals surface area contributed by atoms with Gasteiger partial charge in [0.1, 0.15) is 0 Å². The molecule has 0 aliphatic carbocycles. The van der Waals surface area contributed by atoms with Crippen LogP contribution in [0.2, 0.25) is 0 Å². The Balaban J connectivity index is 1.83. The first-order valence-corrected chi connectivity index (χ1v) is 6.85. The van der Waals surface area contributed by atoms with Crippen molar-refractivity contribution in [2.24, 2.45) is 5.92 Å². The molecule has 6 nitrogen and oxygen atoms in total. The van der Waals surface area contributed by atoms with Gasteiger partial charge in [-0.05, 0) is 31.0 Å². The zero-order chi connectivity index (χ0) is 15.2. The molecule has 0 radical (unpaired) electrons. The molecule has 2 rings (SSSR count). The van der Waals surface area contributed by atoms with Crippen LogP contribution < -0.4 is 5.32 Å². The molecule has 0 unspecified atom stereocenters. The third-order valence-electron chi connectivity index (χ3n) is 3.63. The lowest BCUT2D eigenvalue weighted by Crippen LogP contribution is -2.42. The van der Waals surface area contributed by atoms with Crippen molar-refractivity contribution >= 4 is 17.6 Å². The number of amides is 1. The molecule has 1 aromatic rings. The van der Waals surface area contributed by atoms with Gasteiger partial charge < -0.3 is 15.3 Å². The van der Waals surface area contributed by atoms with Gasteiger partial charge in [-0.1, -0.05) is 6.07 Å². The lowest BCUT2D eigenvalue weighted by Gasteiger charge is -2.30. The molecule has 1 amide bonds. The van der Waals surface area contributed by atoms with E-state index in [0.717, 1.165) is 5.69 Å². The maximum atomic E-state index is 12.1. The van der Waals surface area contributed by atoms with Gasteiger partial charge in [0.05, 0.1) is 24.1 Å². The molecule has 6 heteroatoms. The van der Waals surface area contributed by atoms with E-state index in [9.17, 15) is 9.59 Å². The van der Waals surface area contributed by atoms with Crippen LogP contribution in [0.1, 0.15) is 18.4 Å². The number of carboxylic acids is 1. The fraction of sp³-hybridized carbons (Fsp3) is 0.400. The number of likely N-dealkylation sites (tertiary alicyclic amines) is 1. The first kappa shape index (κ1) is 14.9. The summed E-state index contributed by atoms with van der Waals surface area (Å²) in [5, 5.41) is 20.7. The monoisotopic (exact) mass is 287 g/mol. The number of hydrogen-bond donors (Lipinski definition) is 2. The third kappa shape index (κ3) is 3.96. The van der Waals surface area contributed by atoms with Crippen LogP contribution in [-0.2, 0) is 9.59 Å². The summed E-state index contributed by atoms with van der Waals surface area (Å²) < 4.78 is 0. The van der Waals surface area contributed by atoms with Crippen LogP contribution in [0, 0.1) is 17.2 Å². The van der Waals surface area contributed by atoms with Gasteiger partial charge in [-0.2, -0.15) is 5.26 Å². The number of carbonyl (C=O) groups is 2. The van der Waals surface area contributed by atoms with Crippen molar-refractivity contribution in [2.75, 3.05) is 25.0 Å². The molecular formula is C15H17N3O3. The van der Waals surface area contributed by atoms with Crippen LogP contribution in [0.5, 0.6) is 0 Å². The van der Waals surface area contributed by atoms with Gasteiger partial charge in [-0.3, -0.25) is 9.59 Å². The SMILES string of the molecule is N#Cc1cccc(NCC(=O)N2CCC(C(=O)O)CC2)c1. The summed E-state index contributed by atoms with van der Waals surface area (Å²) in [5.41, 5.74) is 1.26. The minimum atomic E-state index is -0.784. The number of piperidine rings is 1. The molecule has 1 heterocycles. The van der Waals surface area contributed by atoms with Gasteiger partial charge in [0, 0.05) is 18.8 Å². The lowest BCUT2D eigenvalue weighted by molar-refractivity contribution is -0.145. The van der Waals surface area contributed by atoms with Crippen molar-refractivity contribution in [3.05, 3.63) is 29.8 Å². The number of rotatable bonds is 4. The van der Waals surface area contributed by atoms with Crippen molar-refractivity contribution in [3.8, 4) is 6.07 Å². The van der Waals surface area contributed by atoms with Crippen molar-refractivity contribution in [1.82, 2.24) is 4.90 Å². The second-order valence-corrected chi connectivity index (χ2v) is 5.04. The summed E-state index contributed by atoms with van der Waals surface area (Å²) in [4.78, 5) is 24.6. The number of aliphatic carboxylic acids is 1. The first-order valence-electron chi connectivity index (χ1n) is 6.85. The third-order valence-corrected chi connectivity index (χ3v) is 3.63. The van der Waals surface area contributed by atoms with Gasteiger partial charge in [0.15, 0.2) is 0 Å². The molecule has 0 saturated carbocycles. The average molecular weight is 287 g/mol. The maximum Gasteiger partial charge on any atom is 0.306 e. The summed E-state index contributed by atoms with van der Waals surface area (Å²) in [6, 6.07) is 8.98. The van der Waals surface area contributed by atoms with Gasteiger partial charge in [0.25, 0.3) is 0 Å². The molecule has 1 aliphatic heterocycles. The highest BCUT2D eigenvalue weighted by atomic mass is 16.4. The molecule has 0 spiro atoms. The first-order chi connectivity index (χ1) is 10.1. The zero-order valence-corrected chi connectivity index (χ0v) is 11.6. The Hall–Kier alpha value is -2.55. The normalized spacial score (nSPS) is 15.3. The van der Waals surface area contributed by atoms with E-state index in [2.05, 4.69) is 5.32 Å². The molecule has 0 bridgehead atoms. The molecule has 1 aromatic carbocycles. The molecule has 21 heavy (non-hydrogen) atoms. The van der Waals surface area contributed by atoms with Crippen molar-refractivity contribution in [2.45, 2.75) is 12.8 Å². The van der Waals surface area contributed by atoms with E-state index in [1.54, 1.807) is 29.2 Å². The van der Waals surface area contributed by atoms with E-state index in [-0.39, 0.29) is 18.4 Å². The average Bonchev–Trinajstić information content (AvgIpc) is 2.53. The Morgan fingerprint density at radius 2 is 2.10 bits per heavy atom. The van der Waals surface area contributed by atoms with Crippen LogP contribution in [-0.4, -0.2) is 41.5 Å². The molecular weight excluding hydrogens is 270 g/mol. The molecule has 110 valence electrons. The Labute approximate surface area is 123 Å². The number of nitrogens with one attached hydrogen (secondary N) is 1. The highest BCUT2D eigenvalue weighted by Gasteiger charge is 2.26. The predicted molar refractivity (Wildman–Crippen MR) is 76.6 cm³/mol. The summed E-state index contributed by atoms with van der Waals surface area (Å²) >= 11 is 0. The Kier molecular flexibility index (Phi) is 4.77. The summed E-state index contributed by atoms with van der Waals surface area (Å²) in [6.45, 7) is 1.11. The van der Waals surface area contributed by atoms with Gasteiger partial charge in [-0.25, -0.2) is 0 Å². The Morgan fingerprint density at radius 3 is 2.71 bits per heavy atom. The topological polar surface area (TPSA) is 93.4 Å². The number of carboxylic acid groups (broad SMARTS) is 1. The Bertz CT molecular complexity index is 572. The van der Waals surface area contributed by atoms with E-state index >= 15 is 0 Å². The fourth-order valence-corrected chi connectivity index (χ4v) is 2.36. The van der Waals surface area contributed by atoms with E-state index in [1.807, 2.05) is 6.07 Å². The largest absolute Gasteiger partial charge is 0.481 e. The highest BCUT2D eigenvalue weighted by molar-refractivity contribution is 5.81. The fourth-order valence-electron chi connectivity index (χ4n) is 2.36. The molecule has 1 fully saturated rings. The quantitative estimate of drug-likeness (QED) is 0.870. The van der Waals surface area contributed by atoms with E-state index in [4.69, 9.17) is 10.4 Å². The standard InChI is InChI=1S/C15H17N3O3/c16-9-11-2-1-3-13(8-11)17-10-14(19)18-6-4-12(5-7-18)15(20)21/h1-3,8,12,17H,4-7,10H2,(H,20,21).